The number of aromatic hydroxyl groups is 1. The van der Waals surface area contributed by atoms with Crippen molar-refractivity contribution in [2.45, 2.75) is 59.3 Å². The van der Waals surface area contributed by atoms with Crippen molar-refractivity contribution in [2.75, 3.05) is 0 Å². The van der Waals surface area contributed by atoms with Crippen LogP contribution < -0.4 is 0 Å². The molecule has 19 heavy (non-hydrogen) atoms. The first-order valence-corrected chi connectivity index (χ1v) is 8.14. The van der Waals surface area contributed by atoms with Gasteiger partial charge in [-0.25, -0.2) is 0 Å². The Morgan fingerprint density at radius 1 is 1.21 bits per heavy atom. The third-order valence-corrected chi connectivity index (χ3v) is 5.67. The van der Waals surface area contributed by atoms with Gasteiger partial charge in [0.1, 0.15) is 5.75 Å². The van der Waals surface area contributed by atoms with Gasteiger partial charge in [-0.15, -0.1) is 0 Å². The van der Waals surface area contributed by atoms with Crippen LogP contribution in [0.25, 0.3) is 0 Å². The number of hydrogen-bond donors (Lipinski definition) is 1. The summed E-state index contributed by atoms with van der Waals surface area (Å²) in [6.45, 7) is 11.8. The molecule has 0 aromatic heterocycles. The molecule has 1 fully saturated rings. The van der Waals surface area contributed by atoms with Crippen molar-refractivity contribution in [3.05, 3.63) is 27.3 Å². The van der Waals surface area contributed by atoms with Crippen molar-refractivity contribution in [2.24, 2.45) is 10.8 Å². The third kappa shape index (κ3) is 2.65. The number of benzene rings is 1. The predicted molar refractivity (Wildman–Crippen MR) is 89.6 cm³/mol. The lowest BCUT2D eigenvalue weighted by atomic mass is 9.45. The second-order valence-electron chi connectivity index (χ2n) is 7.87. The molecule has 1 aromatic carbocycles. The highest BCUT2D eigenvalue weighted by Gasteiger charge is 2.54. The van der Waals surface area contributed by atoms with Gasteiger partial charge < -0.3 is 5.11 Å². The highest BCUT2D eigenvalue weighted by molar-refractivity contribution is 14.1. The van der Waals surface area contributed by atoms with E-state index in [1.54, 1.807) is 0 Å². The fraction of sp³-hybridized carbons (Fsp3) is 0.647. The van der Waals surface area contributed by atoms with Crippen LogP contribution in [0.3, 0.4) is 0 Å². The number of hydrogen-bond acceptors (Lipinski definition) is 1. The molecule has 0 aliphatic heterocycles. The van der Waals surface area contributed by atoms with Crippen LogP contribution in [0.2, 0.25) is 0 Å². The van der Waals surface area contributed by atoms with Gasteiger partial charge in [0, 0.05) is 5.41 Å². The maximum atomic E-state index is 9.76. The first-order chi connectivity index (χ1) is 8.57. The van der Waals surface area contributed by atoms with E-state index in [0.29, 0.717) is 16.6 Å². The lowest BCUT2D eigenvalue weighted by Gasteiger charge is -2.59. The van der Waals surface area contributed by atoms with E-state index in [9.17, 15) is 5.11 Å². The molecule has 0 saturated heterocycles. The second kappa shape index (κ2) is 4.64. The highest BCUT2D eigenvalue weighted by Crippen LogP contribution is 2.62. The Morgan fingerprint density at radius 2 is 1.84 bits per heavy atom. The van der Waals surface area contributed by atoms with Crippen LogP contribution in [0, 0.1) is 14.4 Å². The van der Waals surface area contributed by atoms with Crippen molar-refractivity contribution in [1.29, 1.82) is 0 Å². The van der Waals surface area contributed by atoms with E-state index in [4.69, 9.17) is 0 Å². The summed E-state index contributed by atoms with van der Waals surface area (Å²) < 4.78 is 0.964. The Labute approximate surface area is 130 Å². The molecule has 1 N–H and O–H groups in total. The van der Waals surface area contributed by atoms with E-state index in [2.05, 4.69) is 69.3 Å². The van der Waals surface area contributed by atoms with Gasteiger partial charge in [-0.3, -0.25) is 0 Å². The molecular weight excluding hydrogens is 347 g/mol. The second-order valence-corrected chi connectivity index (χ2v) is 9.03. The van der Waals surface area contributed by atoms with Crippen molar-refractivity contribution < 1.29 is 5.11 Å². The van der Waals surface area contributed by atoms with Crippen molar-refractivity contribution >= 4 is 22.6 Å². The normalized spacial score (nSPS) is 26.0. The Kier molecular flexibility index (Phi) is 3.70. The van der Waals surface area contributed by atoms with E-state index in [1.807, 2.05) is 6.07 Å². The molecule has 0 amide bonds. The van der Waals surface area contributed by atoms with Crippen LogP contribution in [0.15, 0.2) is 18.2 Å². The zero-order valence-corrected chi connectivity index (χ0v) is 14.8. The van der Waals surface area contributed by atoms with Crippen LogP contribution in [0.1, 0.15) is 59.4 Å². The SMILES string of the molecule is CC(C)(C)CC1(c2ccc(O)c(I)c2)CCC1(C)C. The molecule has 1 atom stereocenters. The summed E-state index contributed by atoms with van der Waals surface area (Å²) in [5.74, 6) is 0.396. The standard InChI is InChI=1S/C17H25IO/c1-15(2,3)11-17(9-8-16(17,4)5)12-6-7-14(19)13(18)10-12/h6-7,10,19H,8-9,11H2,1-5H3. The third-order valence-electron chi connectivity index (χ3n) is 4.80. The van der Waals surface area contributed by atoms with Crippen molar-refractivity contribution in [3.8, 4) is 5.75 Å². The Balaban J connectivity index is 2.47. The molecule has 2 rings (SSSR count). The number of phenolic OH excluding ortho intramolecular Hbond substituents is 1. The van der Waals surface area contributed by atoms with E-state index in [-0.39, 0.29) is 5.41 Å². The van der Waals surface area contributed by atoms with Crippen molar-refractivity contribution in [3.63, 3.8) is 0 Å². The quantitative estimate of drug-likeness (QED) is 0.681. The Morgan fingerprint density at radius 3 is 2.21 bits per heavy atom. The molecule has 0 radical (unpaired) electrons. The van der Waals surface area contributed by atoms with Gasteiger partial charge in [0.2, 0.25) is 0 Å². The summed E-state index contributed by atoms with van der Waals surface area (Å²) in [6, 6.07) is 6.17. The highest BCUT2D eigenvalue weighted by atomic mass is 127. The minimum atomic E-state index is 0.263. The van der Waals surface area contributed by atoms with Crippen LogP contribution in [-0.2, 0) is 5.41 Å². The zero-order valence-electron chi connectivity index (χ0n) is 12.7. The van der Waals surface area contributed by atoms with Gasteiger partial charge in [-0.05, 0) is 70.4 Å². The summed E-state index contributed by atoms with van der Waals surface area (Å²) in [6.07, 6.45) is 3.76. The maximum Gasteiger partial charge on any atom is 0.128 e. The summed E-state index contributed by atoms with van der Waals surface area (Å²) in [4.78, 5) is 0. The lowest BCUT2D eigenvalue weighted by molar-refractivity contribution is -0.00756. The molecule has 1 saturated carbocycles. The number of phenols is 1. The van der Waals surface area contributed by atoms with Gasteiger partial charge in [0.05, 0.1) is 3.57 Å². The Hall–Kier alpha value is -0.250. The molecule has 0 bridgehead atoms. The van der Waals surface area contributed by atoms with E-state index in [1.165, 1.54) is 24.8 Å². The van der Waals surface area contributed by atoms with Crippen LogP contribution in [0.5, 0.6) is 5.75 Å². The molecule has 0 heterocycles. The molecule has 2 heteroatoms. The number of halogens is 1. The van der Waals surface area contributed by atoms with Gasteiger partial charge in [0.15, 0.2) is 0 Å². The predicted octanol–water partition coefficient (Wildman–Crippen LogP) is 5.49. The summed E-state index contributed by atoms with van der Waals surface area (Å²) >= 11 is 2.23. The average Bonchev–Trinajstić information content (AvgIpc) is 2.27. The van der Waals surface area contributed by atoms with Gasteiger partial charge >= 0.3 is 0 Å². The molecule has 1 aliphatic carbocycles. The molecule has 106 valence electrons. The number of rotatable bonds is 2. The zero-order chi connectivity index (χ0) is 14.5. The first kappa shape index (κ1) is 15.1. The van der Waals surface area contributed by atoms with E-state index in [0.717, 1.165) is 3.57 Å². The molecule has 0 spiro atoms. The van der Waals surface area contributed by atoms with E-state index < -0.39 is 0 Å². The molecule has 1 nitrogen and oxygen atoms in total. The Bertz CT molecular complexity index is 485. The van der Waals surface area contributed by atoms with Crippen molar-refractivity contribution in [1.82, 2.24) is 0 Å². The summed E-state index contributed by atoms with van der Waals surface area (Å²) in [7, 11) is 0. The van der Waals surface area contributed by atoms with Gasteiger partial charge in [0.25, 0.3) is 0 Å². The first-order valence-electron chi connectivity index (χ1n) is 7.06. The smallest absolute Gasteiger partial charge is 0.128 e. The average molecular weight is 372 g/mol. The monoisotopic (exact) mass is 372 g/mol. The van der Waals surface area contributed by atoms with Gasteiger partial charge in [-0.2, -0.15) is 0 Å². The summed E-state index contributed by atoms with van der Waals surface area (Å²) in [5, 5.41) is 9.76. The minimum absolute atomic E-state index is 0.263. The molecule has 1 unspecified atom stereocenters. The van der Waals surface area contributed by atoms with Crippen LogP contribution in [-0.4, -0.2) is 5.11 Å². The van der Waals surface area contributed by atoms with Crippen LogP contribution >= 0.6 is 22.6 Å². The molecular formula is C17H25IO. The maximum absolute atomic E-state index is 9.76. The lowest BCUT2D eigenvalue weighted by Crippen LogP contribution is -2.53. The molecule has 1 aromatic rings. The van der Waals surface area contributed by atoms with Crippen LogP contribution in [0.4, 0.5) is 0 Å². The topological polar surface area (TPSA) is 20.2 Å². The van der Waals surface area contributed by atoms with Gasteiger partial charge in [-0.1, -0.05) is 40.7 Å². The largest absolute Gasteiger partial charge is 0.507 e. The fourth-order valence-corrected chi connectivity index (χ4v) is 4.12. The summed E-state index contributed by atoms with van der Waals surface area (Å²) in [5.41, 5.74) is 2.33. The molecule has 1 aliphatic rings. The van der Waals surface area contributed by atoms with E-state index >= 15 is 0 Å². The fourth-order valence-electron chi connectivity index (χ4n) is 3.60. The minimum Gasteiger partial charge on any atom is -0.507 e.